The predicted octanol–water partition coefficient (Wildman–Crippen LogP) is 3.63. The highest BCUT2D eigenvalue weighted by molar-refractivity contribution is 5.83. The van der Waals surface area contributed by atoms with Gasteiger partial charge in [-0.25, -0.2) is 4.79 Å². The lowest BCUT2D eigenvalue weighted by atomic mass is 9.94. The van der Waals surface area contributed by atoms with Gasteiger partial charge in [0.15, 0.2) is 0 Å². The van der Waals surface area contributed by atoms with Crippen molar-refractivity contribution in [3.8, 4) is 0 Å². The van der Waals surface area contributed by atoms with Crippen molar-refractivity contribution in [2.75, 3.05) is 6.61 Å². The average Bonchev–Trinajstić information content (AvgIpc) is 2.25. The van der Waals surface area contributed by atoms with Gasteiger partial charge in [0, 0.05) is 6.08 Å². The molecule has 0 aliphatic heterocycles. The van der Waals surface area contributed by atoms with Crippen LogP contribution in [0.3, 0.4) is 0 Å². The largest absolute Gasteiger partial charge is 0.463 e. The van der Waals surface area contributed by atoms with Crippen LogP contribution >= 0.6 is 0 Å². The van der Waals surface area contributed by atoms with E-state index in [1.807, 2.05) is 26.8 Å². The third kappa shape index (κ3) is 11.7. The number of ether oxygens (including phenoxy) is 1. The molecule has 0 aromatic carbocycles. The Balaban J connectivity index is 4.04. The van der Waals surface area contributed by atoms with Crippen molar-refractivity contribution < 1.29 is 14.6 Å². The Bertz CT molecular complexity index is 321. The maximum Gasteiger partial charge on any atom is 0.330 e. The summed E-state index contributed by atoms with van der Waals surface area (Å²) in [6, 6.07) is 0. The molecule has 3 nitrogen and oxygen atoms in total. The van der Waals surface area contributed by atoms with Gasteiger partial charge in [-0.3, -0.25) is 0 Å². The molecule has 0 aliphatic rings. The van der Waals surface area contributed by atoms with Gasteiger partial charge in [-0.1, -0.05) is 19.1 Å². The van der Waals surface area contributed by atoms with Crippen molar-refractivity contribution in [1.29, 1.82) is 0 Å². The average molecular weight is 268 g/mol. The lowest BCUT2D eigenvalue weighted by molar-refractivity contribution is -0.137. The van der Waals surface area contributed by atoms with Gasteiger partial charge in [-0.05, 0) is 58.4 Å². The van der Waals surface area contributed by atoms with Crippen LogP contribution < -0.4 is 0 Å². The van der Waals surface area contributed by atoms with Crippen LogP contribution in [-0.2, 0) is 9.53 Å². The summed E-state index contributed by atoms with van der Waals surface area (Å²) in [5.41, 5.74) is 0.311. The Hall–Kier alpha value is -1.09. The molecule has 19 heavy (non-hydrogen) atoms. The lowest BCUT2D eigenvalue weighted by Crippen LogP contribution is -2.19. The van der Waals surface area contributed by atoms with Gasteiger partial charge in [0.25, 0.3) is 0 Å². The van der Waals surface area contributed by atoms with Crippen LogP contribution in [0, 0.1) is 5.92 Å². The molecule has 0 heterocycles. The van der Waals surface area contributed by atoms with E-state index in [-0.39, 0.29) is 5.97 Å². The number of hydrogen-bond donors (Lipinski definition) is 1. The third-order valence-corrected chi connectivity index (χ3v) is 2.80. The van der Waals surface area contributed by atoms with Crippen molar-refractivity contribution in [3.05, 3.63) is 23.8 Å². The van der Waals surface area contributed by atoms with E-state index < -0.39 is 5.60 Å². The van der Waals surface area contributed by atoms with Crippen LogP contribution in [0.25, 0.3) is 0 Å². The maximum atomic E-state index is 11.2. The van der Waals surface area contributed by atoms with Crippen LogP contribution in [0.5, 0.6) is 0 Å². The fraction of sp³-hybridized carbons (Fsp3) is 0.688. The topological polar surface area (TPSA) is 46.5 Å². The van der Waals surface area contributed by atoms with Gasteiger partial charge in [0.2, 0.25) is 0 Å². The van der Waals surface area contributed by atoms with E-state index in [4.69, 9.17) is 4.74 Å². The molecule has 0 aliphatic carbocycles. The summed E-state index contributed by atoms with van der Waals surface area (Å²) in [6.45, 7) is 9.92. The lowest BCUT2D eigenvalue weighted by Gasteiger charge is -2.19. The third-order valence-electron chi connectivity index (χ3n) is 2.80. The Labute approximate surface area is 117 Å². The minimum Gasteiger partial charge on any atom is -0.463 e. The molecule has 0 fully saturated rings. The van der Waals surface area contributed by atoms with Crippen molar-refractivity contribution >= 4 is 5.97 Å². The first kappa shape index (κ1) is 17.9. The molecular weight excluding hydrogens is 240 g/mol. The Morgan fingerprint density at radius 2 is 2.05 bits per heavy atom. The van der Waals surface area contributed by atoms with Crippen molar-refractivity contribution in [1.82, 2.24) is 0 Å². The summed E-state index contributed by atoms with van der Waals surface area (Å²) in [7, 11) is 0. The first-order valence-corrected chi connectivity index (χ1v) is 6.98. The molecule has 3 heteroatoms. The minimum atomic E-state index is -0.586. The van der Waals surface area contributed by atoms with E-state index in [1.54, 1.807) is 6.92 Å². The van der Waals surface area contributed by atoms with Crippen LogP contribution in [0.1, 0.15) is 53.9 Å². The fourth-order valence-corrected chi connectivity index (χ4v) is 1.62. The molecule has 0 saturated heterocycles. The standard InChI is InChI=1S/C16H28O3/c1-6-19-15(17)12-14(3)9-7-8-13(2)10-11-16(4,5)18/h7,9,12-13,18H,6,8,10-11H2,1-5H3/b9-7+,14-12+. The van der Waals surface area contributed by atoms with Gasteiger partial charge in [-0.15, -0.1) is 0 Å². The van der Waals surface area contributed by atoms with Gasteiger partial charge in [-0.2, -0.15) is 0 Å². The van der Waals surface area contributed by atoms with Gasteiger partial charge < -0.3 is 9.84 Å². The SMILES string of the molecule is CCOC(=O)/C=C(C)/C=C/CC(C)CCC(C)(C)O. The first-order chi connectivity index (χ1) is 8.74. The monoisotopic (exact) mass is 268 g/mol. The summed E-state index contributed by atoms with van der Waals surface area (Å²) < 4.78 is 4.84. The molecule has 0 radical (unpaired) electrons. The normalized spacial score (nSPS) is 14.7. The Kier molecular flexibility index (Phi) is 8.41. The molecule has 0 spiro atoms. The number of hydrogen-bond acceptors (Lipinski definition) is 3. The van der Waals surface area contributed by atoms with Gasteiger partial charge in [0.05, 0.1) is 12.2 Å². The van der Waals surface area contributed by atoms with Gasteiger partial charge in [0.1, 0.15) is 0 Å². The maximum absolute atomic E-state index is 11.2. The molecule has 0 rings (SSSR count). The minimum absolute atomic E-state index is 0.292. The molecule has 1 atom stereocenters. The summed E-state index contributed by atoms with van der Waals surface area (Å²) in [6.07, 6.45) is 8.26. The number of carbonyl (C=O) groups is 1. The quantitative estimate of drug-likeness (QED) is 0.415. The van der Waals surface area contributed by atoms with Crippen LogP contribution in [0.15, 0.2) is 23.8 Å². The molecule has 1 N–H and O–H groups in total. The highest BCUT2D eigenvalue weighted by Gasteiger charge is 2.13. The molecular formula is C16H28O3. The van der Waals surface area contributed by atoms with E-state index in [0.29, 0.717) is 12.5 Å². The zero-order valence-corrected chi connectivity index (χ0v) is 12.9. The number of allylic oxidation sites excluding steroid dienone is 3. The highest BCUT2D eigenvalue weighted by Crippen LogP contribution is 2.18. The molecule has 110 valence electrons. The number of esters is 1. The first-order valence-electron chi connectivity index (χ1n) is 6.98. The summed E-state index contributed by atoms with van der Waals surface area (Å²) in [5, 5.41) is 9.65. The van der Waals surface area contributed by atoms with Crippen LogP contribution in [0.4, 0.5) is 0 Å². The molecule has 0 bridgehead atoms. The van der Waals surface area contributed by atoms with Crippen molar-refractivity contribution in [2.45, 2.75) is 59.5 Å². The predicted molar refractivity (Wildman–Crippen MR) is 78.8 cm³/mol. The summed E-state index contributed by atoms with van der Waals surface area (Å²) in [5.74, 6) is 0.234. The fourth-order valence-electron chi connectivity index (χ4n) is 1.62. The molecule has 0 saturated carbocycles. The molecule has 0 aromatic heterocycles. The summed E-state index contributed by atoms with van der Waals surface area (Å²) >= 11 is 0. The second kappa shape index (κ2) is 8.92. The Morgan fingerprint density at radius 1 is 1.42 bits per heavy atom. The van der Waals surface area contributed by atoms with Crippen molar-refractivity contribution in [3.63, 3.8) is 0 Å². The van der Waals surface area contributed by atoms with Crippen LogP contribution in [-0.4, -0.2) is 23.3 Å². The molecule has 1 unspecified atom stereocenters. The van der Waals surface area contributed by atoms with E-state index in [2.05, 4.69) is 13.0 Å². The summed E-state index contributed by atoms with van der Waals surface area (Å²) in [4.78, 5) is 11.2. The van der Waals surface area contributed by atoms with E-state index in [9.17, 15) is 9.90 Å². The second-order valence-corrected chi connectivity index (χ2v) is 5.73. The van der Waals surface area contributed by atoms with Crippen molar-refractivity contribution in [2.24, 2.45) is 5.92 Å². The van der Waals surface area contributed by atoms with E-state index in [0.717, 1.165) is 24.8 Å². The van der Waals surface area contributed by atoms with Gasteiger partial charge >= 0.3 is 5.97 Å². The smallest absolute Gasteiger partial charge is 0.330 e. The molecule has 0 amide bonds. The van der Waals surface area contributed by atoms with Crippen LogP contribution in [0.2, 0.25) is 0 Å². The Morgan fingerprint density at radius 3 is 2.58 bits per heavy atom. The second-order valence-electron chi connectivity index (χ2n) is 5.73. The van der Waals surface area contributed by atoms with E-state index in [1.165, 1.54) is 6.08 Å². The highest BCUT2D eigenvalue weighted by atomic mass is 16.5. The number of carbonyl (C=O) groups excluding carboxylic acids is 1. The zero-order valence-electron chi connectivity index (χ0n) is 12.9. The van der Waals surface area contributed by atoms with E-state index >= 15 is 0 Å². The number of rotatable bonds is 8. The number of aliphatic hydroxyl groups is 1. The zero-order chi connectivity index (χ0) is 14.9. The molecule has 0 aromatic rings.